The third-order valence-electron chi connectivity index (χ3n) is 6.13. The van der Waals surface area contributed by atoms with Crippen molar-refractivity contribution in [2.75, 3.05) is 44.3 Å². The summed E-state index contributed by atoms with van der Waals surface area (Å²) in [6.45, 7) is 5.26. The van der Waals surface area contributed by atoms with Crippen LogP contribution in [0.2, 0.25) is 0 Å². The predicted octanol–water partition coefficient (Wildman–Crippen LogP) is 2.91. The molecule has 3 N–H and O–H groups in total. The minimum atomic E-state index is -0.331. The molecular weight excluding hydrogens is 409 g/mol. The summed E-state index contributed by atoms with van der Waals surface area (Å²) < 4.78 is 12.5. The topological polar surface area (TPSA) is 92.9 Å². The Balaban J connectivity index is 1.39. The lowest BCUT2D eigenvalue weighted by Gasteiger charge is -2.33. The summed E-state index contributed by atoms with van der Waals surface area (Å²) in [5.74, 6) is 0.518. The fourth-order valence-electron chi connectivity index (χ4n) is 4.28. The highest BCUT2D eigenvalue weighted by Gasteiger charge is 2.23. The second-order valence-corrected chi connectivity index (χ2v) is 8.38. The van der Waals surface area contributed by atoms with E-state index in [1.54, 1.807) is 0 Å². The van der Waals surface area contributed by atoms with Gasteiger partial charge in [0.25, 0.3) is 5.91 Å². The summed E-state index contributed by atoms with van der Waals surface area (Å²) in [7, 11) is 0. The number of aromatic nitrogens is 4. The molecule has 0 radical (unpaired) electrons. The molecule has 1 fully saturated rings. The van der Waals surface area contributed by atoms with Crippen molar-refractivity contribution >= 4 is 22.8 Å². The number of alkyl halides is 1. The van der Waals surface area contributed by atoms with Crippen LogP contribution in [-0.2, 0) is 6.42 Å². The number of carbonyl (C=O) groups is 1. The van der Waals surface area contributed by atoms with Crippen molar-refractivity contribution in [2.45, 2.75) is 38.6 Å². The molecule has 0 aliphatic carbocycles. The number of nitrogens with one attached hydrogen (secondary N) is 3. The normalized spacial score (nSPS) is 15.9. The van der Waals surface area contributed by atoms with Crippen LogP contribution in [0.3, 0.4) is 0 Å². The summed E-state index contributed by atoms with van der Waals surface area (Å²) in [5.41, 5.74) is 2.31. The molecule has 2 aromatic heterocycles. The standard InChI is InChI=1S/C23H32FN7O/c1-2-3-6-18(15-17-16-25-20-8-5-4-7-19(17)20)26-22(32)21-27-23(29-28-21)31-13-11-30(10-9-24)12-14-31/h4-5,7-8,16,18,25H,2-3,6,9-15H2,1H3,(H,26,32)(H,27,28,29). The lowest BCUT2D eigenvalue weighted by Crippen LogP contribution is -2.47. The molecular formula is C23H32FN7O. The van der Waals surface area contributed by atoms with Crippen LogP contribution in [0.4, 0.5) is 10.3 Å². The molecule has 9 heteroatoms. The molecule has 0 spiro atoms. The predicted molar refractivity (Wildman–Crippen MR) is 124 cm³/mol. The SMILES string of the molecule is CCCCC(Cc1c[nH]c2ccccc12)NC(=O)c1nc(N2CCN(CCF)CC2)n[nH]1. The van der Waals surface area contributed by atoms with E-state index in [1.807, 2.05) is 23.2 Å². The van der Waals surface area contributed by atoms with E-state index in [2.05, 4.69) is 49.4 Å². The minimum Gasteiger partial charge on any atom is -0.361 e. The highest BCUT2D eigenvalue weighted by molar-refractivity contribution is 5.91. The summed E-state index contributed by atoms with van der Waals surface area (Å²) in [4.78, 5) is 24.8. The zero-order valence-electron chi connectivity index (χ0n) is 18.6. The Bertz CT molecular complexity index is 1010. The van der Waals surface area contributed by atoms with Crippen LogP contribution >= 0.6 is 0 Å². The van der Waals surface area contributed by atoms with Gasteiger partial charge in [-0.15, -0.1) is 5.10 Å². The van der Waals surface area contributed by atoms with Gasteiger partial charge in [-0.1, -0.05) is 38.0 Å². The van der Waals surface area contributed by atoms with Crippen LogP contribution in [0.5, 0.6) is 0 Å². The molecule has 1 aliphatic heterocycles. The van der Waals surface area contributed by atoms with Gasteiger partial charge >= 0.3 is 0 Å². The Morgan fingerprint density at radius 3 is 2.84 bits per heavy atom. The van der Waals surface area contributed by atoms with Gasteiger partial charge in [0.05, 0.1) is 0 Å². The Kier molecular flexibility index (Phi) is 7.36. The molecule has 4 rings (SSSR count). The van der Waals surface area contributed by atoms with Gasteiger partial charge in [-0.3, -0.25) is 14.8 Å². The second-order valence-electron chi connectivity index (χ2n) is 8.38. The van der Waals surface area contributed by atoms with Gasteiger partial charge in [0.2, 0.25) is 11.8 Å². The van der Waals surface area contributed by atoms with Crippen LogP contribution in [0.15, 0.2) is 30.5 Å². The number of unbranched alkanes of at least 4 members (excludes halogenated alkanes) is 1. The maximum absolute atomic E-state index is 12.9. The number of para-hydroxylation sites is 1. The molecule has 172 valence electrons. The van der Waals surface area contributed by atoms with E-state index in [9.17, 15) is 9.18 Å². The first-order valence-corrected chi connectivity index (χ1v) is 11.5. The van der Waals surface area contributed by atoms with Crippen molar-refractivity contribution in [1.82, 2.24) is 30.4 Å². The number of hydrogen-bond donors (Lipinski definition) is 3. The highest BCUT2D eigenvalue weighted by Crippen LogP contribution is 2.20. The van der Waals surface area contributed by atoms with E-state index in [4.69, 9.17) is 0 Å². The Hall–Kier alpha value is -2.94. The Labute approximate surface area is 187 Å². The van der Waals surface area contributed by atoms with Gasteiger partial charge < -0.3 is 15.2 Å². The van der Waals surface area contributed by atoms with Crippen molar-refractivity contribution in [3.63, 3.8) is 0 Å². The number of benzene rings is 1. The number of rotatable bonds is 10. The average molecular weight is 442 g/mol. The quantitative estimate of drug-likeness (QED) is 0.450. The number of carbonyl (C=O) groups excluding carboxylic acids is 1. The van der Waals surface area contributed by atoms with Crippen molar-refractivity contribution in [1.29, 1.82) is 0 Å². The van der Waals surface area contributed by atoms with E-state index in [1.165, 1.54) is 10.9 Å². The molecule has 32 heavy (non-hydrogen) atoms. The minimum absolute atomic E-state index is 0.0134. The lowest BCUT2D eigenvalue weighted by molar-refractivity contribution is 0.0924. The summed E-state index contributed by atoms with van der Waals surface area (Å²) in [5, 5.41) is 11.4. The third kappa shape index (κ3) is 5.27. The van der Waals surface area contributed by atoms with Gasteiger partial charge in [0.15, 0.2) is 0 Å². The van der Waals surface area contributed by atoms with Gasteiger partial charge in [-0.25, -0.2) is 4.39 Å². The maximum atomic E-state index is 12.9. The molecule has 0 bridgehead atoms. The summed E-state index contributed by atoms with van der Waals surface area (Å²) in [6.07, 6.45) is 5.80. The summed E-state index contributed by atoms with van der Waals surface area (Å²) >= 11 is 0. The first-order valence-electron chi connectivity index (χ1n) is 11.5. The summed E-state index contributed by atoms with van der Waals surface area (Å²) in [6, 6.07) is 8.23. The van der Waals surface area contributed by atoms with E-state index in [0.29, 0.717) is 12.5 Å². The fraction of sp³-hybridized carbons (Fsp3) is 0.522. The number of aromatic amines is 2. The van der Waals surface area contributed by atoms with E-state index in [-0.39, 0.29) is 24.4 Å². The zero-order chi connectivity index (χ0) is 22.3. The first kappa shape index (κ1) is 22.3. The van der Waals surface area contributed by atoms with Gasteiger partial charge in [-0.05, 0) is 24.5 Å². The number of piperazine rings is 1. The Morgan fingerprint density at radius 2 is 2.06 bits per heavy atom. The van der Waals surface area contributed by atoms with Crippen LogP contribution in [0, 0.1) is 0 Å². The van der Waals surface area contributed by atoms with Crippen molar-refractivity contribution < 1.29 is 9.18 Å². The monoisotopic (exact) mass is 441 g/mol. The highest BCUT2D eigenvalue weighted by atomic mass is 19.1. The smallest absolute Gasteiger partial charge is 0.288 e. The third-order valence-corrected chi connectivity index (χ3v) is 6.13. The molecule has 8 nitrogen and oxygen atoms in total. The number of fused-ring (bicyclic) bond motifs is 1. The number of nitrogens with zero attached hydrogens (tertiary/aromatic N) is 4. The second kappa shape index (κ2) is 10.6. The number of halogens is 1. The number of hydrogen-bond acceptors (Lipinski definition) is 5. The molecule has 0 saturated carbocycles. The van der Waals surface area contributed by atoms with Crippen LogP contribution in [0.25, 0.3) is 10.9 Å². The molecule has 3 aromatic rings. The maximum Gasteiger partial charge on any atom is 0.288 e. The number of amides is 1. The van der Waals surface area contributed by atoms with E-state index in [0.717, 1.165) is 57.4 Å². The number of H-pyrrole nitrogens is 2. The van der Waals surface area contributed by atoms with Gasteiger partial charge in [-0.2, -0.15) is 4.98 Å². The van der Waals surface area contributed by atoms with Crippen molar-refractivity contribution in [3.8, 4) is 0 Å². The van der Waals surface area contributed by atoms with Crippen LogP contribution in [-0.4, -0.2) is 76.4 Å². The Morgan fingerprint density at radius 1 is 1.25 bits per heavy atom. The lowest BCUT2D eigenvalue weighted by atomic mass is 10.0. The van der Waals surface area contributed by atoms with Crippen molar-refractivity contribution in [3.05, 3.63) is 41.9 Å². The van der Waals surface area contributed by atoms with E-state index < -0.39 is 0 Å². The molecule has 1 atom stereocenters. The first-order chi connectivity index (χ1) is 15.7. The fourth-order valence-corrected chi connectivity index (χ4v) is 4.28. The molecule has 1 saturated heterocycles. The zero-order valence-corrected chi connectivity index (χ0v) is 18.6. The molecule has 1 amide bonds. The van der Waals surface area contributed by atoms with E-state index >= 15 is 0 Å². The van der Waals surface area contributed by atoms with Crippen LogP contribution in [0.1, 0.15) is 42.4 Å². The van der Waals surface area contributed by atoms with Gasteiger partial charge in [0.1, 0.15) is 6.67 Å². The molecule has 1 aromatic carbocycles. The molecule has 1 unspecified atom stereocenters. The molecule has 1 aliphatic rings. The van der Waals surface area contributed by atoms with Gasteiger partial charge in [0, 0.05) is 55.9 Å². The average Bonchev–Trinajstić information content (AvgIpc) is 3.46. The molecule has 3 heterocycles. The van der Waals surface area contributed by atoms with Crippen LogP contribution < -0.4 is 10.2 Å². The number of anilines is 1. The largest absolute Gasteiger partial charge is 0.361 e. The van der Waals surface area contributed by atoms with Crippen molar-refractivity contribution in [2.24, 2.45) is 0 Å².